The van der Waals surface area contributed by atoms with Crippen LogP contribution >= 0.6 is 0 Å². The van der Waals surface area contributed by atoms with E-state index < -0.39 is 5.97 Å². The maximum atomic E-state index is 10.5. The maximum Gasteiger partial charge on any atom is 0.329 e. The molecule has 1 aromatic carbocycles. The molecule has 4 nitrogen and oxygen atoms in total. The molecule has 1 aromatic rings. The van der Waals surface area contributed by atoms with Gasteiger partial charge in [-0.1, -0.05) is 29.3 Å². The van der Waals surface area contributed by atoms with Crippen molar-refractivity contribution in [1.29, 1.82) is 0 Å². The lowest BCUT2D eigenvalue weighted by Crippen LogP contribution is -2.61. The van der Waals surface area contributed by atoms with Crippen molar-refractivity contribution in [2.45, 2.75) is 32.9 Å². The first kappa shape index (κ1) is 14.0. The predicted octanol–water partition coefficient (Wildman–Crippen LogP) is 1.98. The van der Waals surface area contributed by atoms with Crippen molar-refractivity contribution in [2.24, 2.45) is 0 Å². The summed E-state index contributed by atoms with van der Waals surface area (Å²) in [6.45, 7) is 8.43. The fourth-order valence-corrected chi connectivity index (χ4v) is 2.76. The fraction of sp³-hybridized carbons (Fsp3) is 0.533. The average Bonchev–Trinajstić information content (AvgIpc) is 2.22. The molecule has 0 unspecified atom stereocenters. The number of carbonyl (C=O) groups is 1. The largest absolute Gasteiger partial charge is 0.480 e. The lowest BCUT2D eigenvalue weighted by Gasteiger charge is -2.47. The van der Waals surface area contributed by atoms with Gasteiger partial charge in [-0.15, -0.1) is 0 Å². The minimum Gasteiger partial charge on any atom is -0.480 e. The van der Waals surface area contributed by atoms with Crippen LogP contribution in [0.3, 0.4) is 0 Å². The first-order valence-electron chi connectivity index (χ1n) is 6.52. The molecule has 1 fully saturated rings. The highest BCUT2D eigenvalue weighted by Gasteiger charge is 2.39. The van der Waals surface area contributed by atoms with Gasteiger partial charge < -0.3 is 9.84 Å². The Hall–Kier alpha value is -1.39. The second-order valence-electron chi connectivity index (χ2n) is 5.77. The van der Waals surface area contributed by atoms with E-state index in [4.69, 9.17) is 9.84 Å². The third kappa shape index (κ3) is 3.78. The van der Waals surface area contributed by atoms with Crippen molar-refractivity contribution in [3.05, 3.63) is 34.9 Å². The van der Waals surface area contributed by atoms with Crippen LogP contribution < -0.4 is 0 Å². The second-order valence-corrected chi connectivity index (χ2v) is 5.77. The van der Waals surface area contributed by atoms with Crippen LogP contribution in [0.15, 0.2) is 18.2 Å². The smallest absolute Gasteiger partial charge is 0.329 e. The molecular weight excluding hydrogens is 242 g/mol. The van der Waals surface area contributed by atoms with Crippen LogP contribution in [0.2, 0.25) is 0 Å². The van der Waals surface area contributed by atoms with Crippen LogP contribution in [-0.2, 0) is 16.1 Å². The molecule has 4 heteroatoms. The van der Waals surface area contributed by atoms with E-state index in [-0.39, 0.29) is 12.2 Å². The van der Waals surface area contributed by atoms with E-state index in [1.807, 2.05) is 6.92 Å². The van der Waals surface area contributed by atoms with Crippen molar-refractivity contribution < 1.29 is 14.6 Å². The summed E-state index contributed by atoms with van der Waals surface area (Å²) in [5.74, 6) is -0.908. The Bertz CT molecular complexity index is 458. The zero-order valence-corrected chi connectivity index (χ0v) is 11.8. The molecule has 0 spiro atoms. The summed E-state index contributed by atoms with van der Waals surface area (Å²) >= 11 is 0. The maximum absolute atomic E-state index is 10.5. The van der Waals surface area contributed by atoms with E-state index in [0.717, 1.165) is 19.6 Å². The molecule has 1 aliphatic heterocycles. The van der Waals surface area contributed by atoms with Gasteiger partial charge in [0.2, 0.25) is 0 Å². The molecular formula is C15H21NO3. The van der Waals surface area contributed by atoms with Gasteiger partial charge in [-0.3, -0.25) is 4.90 Å². The topological polar surface area (TPSA) is 49.8 Å². The molecule has 0 amide bonds. The average molecular weight is 263 g/mol. The van der Waals surface area contributed by atoms with E-state index in [1.54, 1.807) is 0 Å². The number of likely N-dealkylation sites (tertiary alicyclic amines) is 1. The number of ether oxygens (including phenoxy) is 1. The molecule has 0 saturated carbocycles. The number of carboxylic acids is 1. The Kier molecular flexibility index (Phi) is 3.92. The number of nitrogens with zero attached hydrogens (tertiary/aromatic N) is 1. The molecule has 1 N–H and O–H groups in total. The van der Waals surface area contributed by atoms with Crippen LogP contribution in [-0.4, -0.2) is 41.3 Å². The monoisotopic (exact) mass is 263 g/mol. The van der Waals surface area contributed by atoms with Crippen molar-refractivity contribution in [3.63, 3.8) is 0 Å². The Balaban J connectivity index is 1.85. The normalized spacial score (nSPS) is 18.1. The lowest BCUT2D eigenvalue weighted by molar-refractivity contribution is -0.165. The molecule has 0 atom stereocenters. The first-order valence-corrected chi connectivity index (χ1v) is 6.52. The van der Waals surface area contributed by atoms with Gasteiger partial charge in [-0.05, 0) is 26.3 Å². The summed E-state index contributed by atoms with van der Waals surface area (Å²) in [5.41, 5.74) is 3.55. The van der Waals surface area contributed by atoms with Gasteiger partial charge in [0.15, 0.2) is 0 Å². The highest BCUT2D eigenvalue weighted by atomic mass is 16.5. The zero-order chi connectivity index (χ0) is 14.0. The van der Waals surface area contributed by atoms with E-state index in [0.29, 0.717) is 0 Å². The quantitative estimate of drug-likeness (QED) is 0.882. The van der Waals surface area contributed by atoms with Gasteiger partial charge in [0.25, 0.3) is 0 Å². The van der Waals surface area contributed by atoms with E-state index >= 15 is 0 Å². The minimum absolute atomic E-state index is 0.214. The predicted molar refractivity (Wildman–Crippen MR) is 73.2 cm³/mol. The SMILES string of the molecule is Cc1cc(C)cc(CN2CC(C)(OCC(=O)O)C2)c1. The zero-order valence-electron chi connectivity index (χ0n) is 11.8. The van der Waals surface area contributed by atoms with E-state index in [9.17, 15) is 4.79 Å². The second kappa shape index (κ2) is 5.31. The van der Waals surface area contributed by atoms with Crippen LogP contribution in [0.5, 0.6) is 0 Å². The number of carboxylic acid groups (broad SMARTS) is 1. The van der Waals surface area contributed by atoms with Gasteiger partial charge in [0, 0.05) is 19.6 Å². The standard InChI is InChI=1S/C15H21NO3/c1-11-4-12(2)6-13(5-11)7-16-9-15(3,10-16)19-8-14(17)18/h4-6H,7-10H2,1-3H3,(H,17,18). The Morgan fingerprint density at radius 2 is 1.89 bits per heavy atom. The molecule has 1 heterocycles. The summed E-state index contributed by atoms with van der Waals surface area (Å²) in [7, 11) is 0. The minimum atomic E-state index is -0.908. The Morgan fingerprint density at radius 3 is 2.42 bits per heavy atom. The molecule has 0 bridgehead atoms. The van der Waals surface area contributed by atoms with Gasteiger partial charge in [0.05, 0.1) is 5.60 Å². The van der Waals surface area contributed by atoms with Crippen LogP contribution in [0.1, 0.15) is 23.6 Å². The van der Waals surface area contributed by atoms with Gasteiger partial charge in [-0.25, -0.2) is 4.79 Å². The van der Waals surface area contributed by atoms with Crippen LogP contribution in [0, 0.1) is 13.8 Å². The first-order chi connectivity index (χ1) is 8.86. The van der Waals surface area contributed by atoms with Gasteiger partial charge >= 0.3 is 5.97 Å². The molecule has 104 valence electrons. The van der Waals surface area contributed by atoms with E-state index in [1.165, 1.54) is 16.7 Å². The summed E-state index contributed by atoms with van der Waals surface area (Å²) in [5, 5.41) is 8.62. The molecule has 0 aromatic heterocycles. The number of rotatable bonds is 5. The summed E-state index contributed by atoms with van der Waals surface area (Å²) in [6.07, 6.45) is 0. The summed E-state index contributed by atoms with van der Waals surface area (Å²) < 4.78 is 5.40. The lowest BCUT2D eigenvalue weighted by atomic mass is 9.95. The highest BCUT2D eigenvalue weighted by molar-refractivity contribution is 5.68. The van der Waals surface area contributed by atoms with Crippen molar-refractivity contribution >= 4 is 5.97 Å². The van der Waals surface area contributed by atoms with Crippen LogP contribution in [0.25, 0.3) is 0 Å². The van der Waals surface area contributed by atoms with Crippen molar-refractivity contribution in [3.8, 4) is 0 Å². The van der Waals surface area contributed by atoms with Gasteiger partial charge in [-0.2, -0.15) is 0 Å². The summed E-state index contributed by atoms with van der Waals surface area (Å²) in [6, 6.07) is 6.56. The number of benzene rings is 1. The molecule has 0 radical (unpaired) electrons. The Labute approximate surface area is 114 Å². The number of aliphatic carboxylic acids is 1. The fourth-order valence-electron chi connectivity index (χ4n) is 2.76. The Morgan fingerprint density at radius 1 is 1.32 bits per heavy atom. The van der Waals surface area contributed by atoms with Gasteiger partial charge in [0.1, 0.15) is 6.61 Å². The molecule has 0 aliphatic carbocycles. The van der Waals surface area contributed by atoms with Crippen molar-refractivity contribution in [2.75, 3.05) is 19.7 Å². The third-order valence-corrected chi connectivity index (χ3v) is 3.35. The molecule has 19 heavy (non-hydrogen) atoms. The molecule has 2 rings (SSSR count). The third-order valence-electron chi connectivity index (χ3n) is 3.35. The van der Waals surface area contributed by atoms with Crippen LogP contribution in [0.4, 0.5) is 0 Å². The molecule has 1 aliphatic rings. The van der Waals surface area contributed by atoms with Crippen molar-refractivity contribution in [1.82, 2.24) is 4.90 Å². The number of aryl methyl sites for hydroxylation is 2. The number of hydrogen-bond acceptors (Lipinski definition) is 3. The number of hydrogen-bond donors (Lipinski definition) is 1. The van der Waals surface area contributed by atoms with E-state index in [2.05, 4.69) is 36.9 Å². The summed E-state index contributed by atoms with van der Waals surface area (Å²) in [4.78, 5) is 12.8. The highest BCUT2D eigenvalue weighted by Crippen LogP contribution is 2.26. The molecule has 1 saturated heterocycles.